The fourth-order valence-corrected chi connectivity index (χ4v) is 2.17. The van der Waals surface area contributed by atoms with Gasteiger partial charge in [-0.1, -0.05) is 0 Å². The number of nitrogens with zero attached hydrogens (tertiary/aromatic N) is 2. The number of aromatic hydroxyl groups is 1. The Bertz CT molecular complexity index is 327. The molecule has 0 amide bonds. The molecule has 0 fully saturated rings. The summed E-state index contributed by atoms with van der Waals surface area (Å²) in [6, 6.07) is 0. The molecule has 0 saturated carbocycles. The number of rotatable bonds is 2. The molecule has 2 heterocycles. The first-order valence-electron chi connectivity index (χ1n) is 4.65. The quantitative estimate of drug-likeness (QED) is 0.807. The Morgan fingerprint density at radius 2 is 2.43 bits per heavy atom. The minimum absolute atomic E-state index is 0.0662. The third-order valence-corrected chi connectivity index (χ3v) is 3.68. The summed E-state index contributed by atoms with van der Waals surface area (Å²) in [5.74, 6) is 0.881. The summed E-state index contributed by atoms with van der Waals surface area (Å²) < 4.78 is 5.06. The topological polar surface area (TPSA) is 49.5 Å². The summed E-state index contributed by atoms with van der Waals surface area (Å²) in [7, 11) is 0. The molecule has 2 rings (SSSR count). The van der Waals surface area contributed by atoms with Crippen molar-refractivity contribution in [1.29, 1.82) is 0 Å². The molecule has 1 aliphatic rings. The maximum Gasteiger partial charge on any atom is 0.255 e. The van der Waals surface area contributed by atoms with Crippen molar-refractivity contribution in [3.63, 3.8) is 0 Å². The number of thioether (sulfide) groups is 1. The highest BCUT2D eigenvalue weighted by Gasteiger charge is 2.26. The van der Waals surface area contributed by atoms with Gasteiger partial charge in [-0.3, -0.25) is 4.90 Å². The van der Waals surface area contributed by atoms with E-state index in [1.807, 2.05) is 11.8 Å². The standard InChI is InChI=1S/C9H14N2O2S/c1-6(14-2)11-4-3-7-8(5-11)13-10-9(7)12/h6H,3-5H2,1-2H3,(H,10,12). The molecule has 0 aromatic carbocycles. The van der Waals surface area contributed by atoms with E-state index in [1.165, 1.54) is 0 Å². The Morgan fingerprint density at radius 3 is 3.14 bits per heavy atom. The van der Waals surface area contributed by atoms with Gasteiger partial charge in [0.25, 0.3) is 5.88 Å². The molecule has 0 aliphatic carbocycles. The van der Waals surface area contributed by atoms with Crippen LogP contribution in [0.2, 0.25) is 0 Å². The molecule has 78 valence electrons. The van der Waals surface area contributed by atoms with Crippen molar-refractivity contribution >= 4 is 11.8 Å². The molecule has 1 aliphatic heterocycles. The largest absolute Gasteiger partial charge is 0.491 e. The predicted octanol–water partition coefficient (Wildman–Crippen LogP) is 1.45. The third kappa shape index (κ3) is 1.62. The van der Waals surface area contributed by atoms with E-state index in [0.29, 0.717) is 5.37 Å². The Labute approximate surface area is 87.3 Å². The maximum atomic E-state index is 9.35. The fourth-order valence-electron chi connectivity index (χ4n) is 1.69. The second kappa shape index (κ2) is 3.82. The molecule has 1 aromatic rings. The van der Waals surface area contributed by atoms with E-state index >= 15 is 0 Å². The average Bonchev–Trinajstić information content (AvgIpc) is 2.59. The van der Waals surface area contributed by atoms with Crippen molar-refractivity contribution < 1.29 is 9.63 Å². The van der Waals surface area contributed by atoms with Gasteiger partial charge < -0.3 is 9.63 Å². The van der Waals surface area contributed by atoms with E-state index in [1.54, 1.807) is 0 Å². The molecule has 1 aromatic heterocycles. The van der Waals surface area contributed by atoms with Crippen molar-refractivity contribution in [2.24, 2.45) is 0 Å². The van der Waals surface area contributed by atoms with Crippen LogP contribution < -0.4 is 0 Å². The van der Waals surface area contributed by atoms with Gasteiger partial charge in [0, 0.05) is 6.54 Å². The molecule has 4 nitrogen and oxygen atoms in total. The van der Waals surface area contributed by atoms with Crippen molar-refractivity contribution in [2.45, 2.75) is 25.3 Å². The molecule has 14 heavy (non-hydrogen) atoms. The van der Waals surface area contributed by atoms with Crippen LogP contribution in [0, 0.1) is 0 Å². The van der Waals surface area contributed by atoms with Gasteiger partial charge in [-0.05, 0) is 24.8 Å². The monoisotopic (exact) mass is 214 g/mol. The van der Waals surface area contributed by atoms with Crippen LogP contribution in [0.4, 0.5) is 0 Å². The molecule has 0 spiro atoms. The van der Waals surface area contributed by atoms with Gasteiger partial charge >= 0.3 is 0 Å². The molecule has 1 atom stereocenters. The SMILES string of the molecule is CSC(C)N1CCc2c(O)noc2C1. The van der Waals surface area contributed by atoms with Crippen LogP contribution in [0.15, 0.2) is 4.52 Å². The van der Waals surface area contributed by atoms with Gasteiger partial charge in [-0.2, -0.15) is 0 Å². The van der Waals surface area contributed by atoms with Gasteiger partial charge in [-0.15, -0.1) is 11.8 Å². The number of fused-ring (bicyclic) bond motifs is 1. The van der Waals surface area contributed by atoms with E-state index in [0.717, 1.165) is 30.8 Å². The van der Waals surface area contributed by atoms with Crippen LogP contribution in [0.25, 0.3) is 0 Å². The van der Waals surface area contributed by atoms with E-state index in [4.69, 9.17) is 4.52 Å². The van der Waals surface area contributed by atoms with E-state index in [-0.39, 0.29) is 5.88 Å². The van der Waals surface area contributed by atoms with Gasteiger partial charge in [0.2, 0.25) is 0 Å². The van der Waals surface area contributed by atoms with Crippen LogP contribution >= 0.6 is 11.8 Å². The fraction of sp³-hybridized carbons (Fsp3) is 0.667. The summed E-state index contributed by atoms with van der Waals surface area (Å²) in [5.41, 5.74) is 0.884. The summed E-state index contributed by atoms with van der Waals surface area (Å²) >= 11 is 1.81. The summed E-state index contributed by atoms with van der Waals surface area (Å²) in [5, 5.41) is 13.4. The summed E-state index contributed by atoms with van der Waals surface area (Å²) in [6.45, 7) is 3.89. The van der Waals surface area contributed by atoms with E-state index < -0.39 is 0 Å². The van der Waals surface area contributed by atoms with Crippen LogP contribution in [0.1, 0.15) is 18.2 Å². The molecule has 1 N–H and O–H groups in total. The highest BCUT2D eigenvalue weighted by Crippen LogP contribution is 2.28. The Balaban J connectivity index is 2.14. The molecular weight excluding hydrogens is 200 g/mol. The van der Waals surface area contributed by atoms with Gasteiger partial charge in [0.15, 0.2) is 5.76 Å². The normalized spacial score (nSPS) is 19.3. The lowest BCUT2D eigenvalue weighted by molar-refractivity contribution is 0.211. The summed E-state index contributed by atoms with van der Waals surface area (Å²) in [6.07, 6.45) is 2.92. The third-order valence-electron chi connectivity index (χ3n) is 2.70. The first kappa shape index (κ1) is 9.86. The van der Waals surface area contributed by atoms with E-state index in [2.05, 4.69) is 23.2 Å². The predicted molar refractivity (Wildman–Crippen MR) is 55.3 cm³/mol. The highest BCUT2D eigenvalue weighted by molar-refractivity contribution is 7.99. The van der Waals surface area contributed by atoms with Crippen LogP contribution in [0.3, 0.4) is 0 Å². The molecular formula is C9H14N2O2S. The van der Waals surface area contributed by atoms with Crippen LogP contribution in [-0.2, 0) is 13.0 Å². The minimum atomic E-state index is 0.0662. The maximum absolute atomic E-state index is 9.35. The second-order valence-electron chi connectivity index (χ2n) is 3.46. The first-order valence-corrected chi connectivity index (χ1v) is 5.94. The molecule has 0 bridgehead atoms. The van der Waals surface area contributed by atoms with Gasteiger partial charge in [-0.25, -0.2) is 0 Å². The lowest BCUT2D eigenvalue weighted by atomic mass is 10.1. The van der Waals surface area contributed by atoms with Crippen molar-refractivity contribution in [3.8, 4) is 5.88 Å². The van der Waals surface area contributed by atoms with Crippen LogP contribution in [0.5, 0.6) is 5.88 Å². The van der Waals surface area contributed by atoms with Crippen molar-refractivity contribution in [2.75, 3.05) is 12.8 Å². The smallest absolute Gasteiger partial charge is 0.255 e. The zero-order valence-corrected chi connectivity index (χ0v) is 9.17. The lowest BCUT2D eigenvalue weighted by Gasteiger charge is -2.29. The van der Waals surface area contributed by atoms with Gasteiger partial charge in [0.05, 0.1) is 17.5 Å². The molecule has 0 radical (unpaired) electrons. The number of hydrogen-bond donors (Lipinski definition) is 1. The van der Waals surface area contributed by atoms with Crippen molar-refractivity contribution in [3.05, 3.63) is 11.3 Å². The molecule has 0 saturated heterocycles. The molecule has 1 unspecified atom stereocenters. The lowest BCUT2D eigenvalue weighted by Crippen LogP contribution is -2.35. The minimum Gasteiger partial charge on any atom is -0.491 e. The Morgan fingerprint density at radius 1 is 1.64 bits per heavy atom. The average molecular weight is 214 g/mol. The Hall–Kier alpha value is -0.680. The van der Waals surface area contributed by atoms with E-state index in [9.17, 15) is 5.11 Å². The first-order chi connectivity index (χ1) is 6.72. The highest BCUT2D eigenvalue weighted by atomic mass is 32.2. The second-order valence-corrected chi connectivity index (χ2v) is 4.62. The van der Waals surface area contributed by atoms with Gasteiger partial charge in [0.1, 0.15) is 0 Å². The number of aromatic nitrogens is 1. The number of hydrogen-bond acceptors (Lipinski definition) is 5. The zero-order chi connectivity index (χ0) is 10.1. The Kier molecular flexibility index (Phi) is 2.69. The zero-order valence-electron chi connectivity index (χ0n) is 8.36. The molecule has 5 heteroatoms. The van der Waals surface area contributed by atoms with Crippen LogP contribution in [-0.4, -0.2) is 33.3 Å². The van der Waals surface area contributed by atoms with Crippen molar-refractivity contribution in [1.82, 2.24) is 10.1 Å². The summed E-state index contributed by atoms with van der Waals surface area (Å²) in [4.78, 5) is 2.32.